The second kappa shape index (κ2) is 56.2. The number of carbonyl (C=O) groups is 2. The van der Waals surface area contributed by atoms with Crippen LogP contribution in [0.5, 0.6) is 0 Å². The molecule has 1 amide bonds. The van der Waals surface area contributed by atoms with Crippen LogP contribution >= 0.6 is 0 Å². The molecule has 0 aromatic carbocycles. The molecule has 0 aliphatic heterocycles. The predicted molar refractivity (Wildman–Crippen MR) is 292 cm³/mol. The molecule has 67 heavy (non-hydrogen) atoms. The van der Waals surface area contributed by atoms with E-state index in [-0.39, 0.29) is 18.5 Å². The molecule has 6 nitrogen and oxygen atoms in total. The van der Waals surface area contributed by atoms with Crippen LogP contribution in [0.1, 0.15) is 290 Å². The second-order valence-corrected chi connectivity index (χ2v) is 19.6. The first-order valence-corrected chi connectivity index (χ1v) is 29.1. The maximum atomic E-state index is 12.4. The third-order valence-corrected chi connectivity index (χ3v) is 13.0. The lowest BCUT2D eigenvalue weighted by molar-refractivity contribution is -0.143. The SMILES string of the molecule is CCCC/C=C\C/C=C\CCCCCCCC(=O)OCCCCCCCCCCC/C=C\C/C=C\CCCCCCCCCCCCCC(=O)NC(CO)C(O)/C=C/CCCCCCCCC. The van der Waals surface area contributed by atoms with Crippen LogP contribution in [0, 0.1) is 0 Å². The second-order valence-electron chi connectivity index (χ2n) is 19.6. The Morgan fingerprint density at radius 1 is 0.418 bits per heavy atom. The zero-order chi connectivity index (χ0) is 48.6. The monoisotopic (exact) mass is 938 g/mol. The molecule has 0 aromatic heterocycles. The van der Waals surface area contributed by atoms with Crippen LogP contribution in [0.25, 0.3) is 0 Å². The number of allylic oxidation sites excluding steroid dienone is 9. The fourth-order valence-corrected chi connectivity index (χ4v) is 8.50. The molecule has 0 spiro atoms. The van der Waals surface area contributed by atoms with Crippen LogP contribution in [-0.4, -0.2) is 47.4 Å². The molecule has 0 aromatic rings. The highest BCUT2D eigenvalue weighted by Crippen LogP contribution is 2.15. The van der Waals surface area contributed by atoms with Crippen molar-refractivity contribution in [2.45, 2.75) is 302 Å². The maximum Gasteiger partial charge on any atom is 0.305 e. The number of amides is 1. The largest absolute Gasteiger partial charge is 0.466 e. The van der Waals surface area contributed by atoms with E-state index in [1.807, 2.05) is 6.08 Å². The van der Waals surface area contributed by atoms with Crippen molar-refractivity contribution in [3.63, 3.8) is 0 Å². The average Bonchev–Trinajstić information content (AvgIpc) is 3.33. The molecule has 0 fully saturated rings. The van der Waals surface area contributed by atoms with Crippen LogP contribution in [0.3, 0.4) is 0 Å². The molecule has 0 radical (unpaired) electrons. The van der Waals surface area contributed by atoms with Crippen molar-refractivity contribution in [1.29, 1.82) is 0 Å². The van der Waals surface area contributed by atoms with Crippen LogP contribution in [0.4, 0.5) is 0 Å². The Morgan fingerprint density at radius 3 is 1.18 bits per heavy atom. The van der Waals surface area contributed by atoms with Gasteiger partial charge >= 0.3 is 5.97 Å². The Kier molecular flexibility index (Phi) is 54.1. The van der Waals surface area contributed by atoms with Gasteiger partial charge in [0.2, 0.25) is 5.91 Å². The Hall–Kier alpha value is -2.44. The number of aliphatic hydroxyl groups excluding tert-OH is 2. The number of esters is 1. The third-order valence-electron chi connectivity index (χ3n) is 13.0. The Balaban J connectivity index is 3.42. The lowest BCUT2D eigenvalue weighted by Crippen LogP contribution is -2.45. The molecule has 0 bridgehead atoms. The molecule has 0 heterocycles. The summed E-state index contributed by atoms with van der Waals surface area (Å²) in [5, 5.41) is 22.9. The van der Waals surface area contributed by atoms with E-state index in [1.165, 1.54) is 205 Å². The van der Waals surface area contributed by atoms with Crippen LogP contribution in [0.2, 0.25) is 0 Å². The van der Waals surface area contributed by atoms with E-state index >= 15 is 0 Å². The molecule has 3 N–H and O–H groups in total. The summed E-state index contributed by atoms with van der Waals surface area (Å²) in [5.74, 6) is -0.0803. The van der Waals surface area contributed by atoms with E-state index in [4.69, 9.17) is 4.74 Å². The van der Waals surface area contributed by atoms with E-state index < -0.39 is 12.1 Å². The number of ether oxygens (including phenoxy) is 1. The van der Waals surface area contributed by atoms with Crippen molar-refractivity contribution in [1.82, 2.24) is 5.32 Å². The number of rotatable bonds is 53. The van der Waals surface area contributed by atoms with Gasteiger partial charge in [0.1, 0.15) is 0 Å². The predicted octanol–water partition coefficient (Wildman–Crippen LogP) is 18.0. The highest BCUT2D eigenvalue weighted by molar-refractivity contribution is 5.76. The molecule has 2 atom stereocenters. The van der Waals surface area contributed by atoms with Crippen molar-refractivity contribution in [3.8, 4) is 0 Å². The first kappa shape index (κ1) is 64.6. The van der Waals surface area contributed by atoms with E-state index in [0.717, 1.165) is 57.8 Å². The summed E-state index contributed by atoms with van der Waals surface area (Å²) in [6, 6.07) is -0.629. The summed E-state index contributed by atoms with van der Waals surface area (Å²) in [4.78, 5) is 24.4. The van der Waals surface area contributed by atoms with Crippen molar-refractivity contribution >= 4 is 11.9 Å². The highest BCUT2D eigenvalue weighted by atomic mass is 16.5. The zero-order valence-electron chi connectivity index (χ0n) is 44.4. The number of hydrogen-bond acceptors (Lipinski definition) is 5. The smallest absolute Gasteiger partial charge is 0.305 e. The van der Waals surface area contributed by atoms with Crippen molar-refractivity contribution in [2.24, 2.45) is 0 Å². The number of nitrogens with one attached hydrogen (secondary N) is 1. The molecule has 0 saturated carbocycles. The minimum atomic E-state index is -0.845. The third kappa shape index (κ3) is 52.8. The standard InChI is InChI=1S/C61H111NO5/c1-3-5-7-9-11-13-14-15-32-35-39-43-47-51-55-61(66)67-56-52-48-44-40-36-33-30-28-26-24-22-20-18-16-17-19-21-23-25-27-29-31-34-38-42-46-50-54-60(65)62-58(57-63)59(64)53-49-45-41-37-12-10-8-6-4-2/h9,11,14-17,20,22,49,53,58-59,63-64H,3-8,10,12-13,18-19,21,23-48,50-52,54-57H2,1-2H3,(H,62,65)/b11-9-,15-14-,17-16-,22-20-,53-49+. The van der Waals surface area contributed by atoms with E-state index in [1.54, 1.807) is 6.08 Å². The topological polar surface area (TPSA) is 95.9 Å². The Morgan fingerprint density at radius 2 is 0.761 bits per heavy atom. The van der Waals surface area contributed by atoms with Crippen LogP contribution in [0.15, 0.2) is 60.8 Å². The van der Waals surface area contributed by atoms with Gasteiger partial charge in [0.15, 0.2) is 0 Å². The Bertz CT molecular complexity index is 1170. The van der Waals surface area contributed by atoms with Gasteiger partial charge < -0.3 is 20.3 Å². The van der Waals surface area contributed by atoms with E-state index in [2.05, 4.69) is 67.8 Å². The first-order chi connectivity index (χ1) is 33.0. The summed E-state index contributed by atoms with van der Waals surface area (Å²) in [6.07, 6.45) is 72.6. The minimum absolute atomic E-state index is 0.00541. The van der Waals surface area contributed by atoms with Crippen LogP contribution in [-0.2, 0) is 14.3 Å². The maximum absolute atomic E-state index is 12.4. The fourth-order valence-electron chi connectivity index (χ4n) is 8.50. The van der Waals surface area contributed by atoms with Gasteiger partial charge in [-0.15, -0.1) is 0 Å². The highest BCUT2D eigenvalue weighted by Gasteiger charge is 2.18. The number of aliphatic hydroxyl groups is 2. The van der Waals surface area contributed by atoms with Gasteiger partial charge in [-0.3, -0.25) is 9.59 Å². The van der Waals surface area contributed by atoms with Gasteiger partial charge in [-0.2, -0.15) is 0 Å². The molecule has 0 aliphatic rings. The molecule has 0 aliphatic carbocycles. The van der Waals surface area contributed by atoms with Crippen molar-refractivity contribution in [3.05, 3.63) is 60.8 Å². The fraction of sp³-hybridized carbons (Fsp3) is 0.803. The summed E-state index contributed by atoms with van der Waals surface area (Å²) >= 11 is 0. The number of carbonyl (C=O) groups excluding carboxylic acids is 2. The summed E-state index contributed by atoms with van der Waals surface area (Å²) in [7, 11) is 0. The summed E-state index contributed by atoms with van der Waals surface area (Å²) < 4.78 is 5.46. The average molecular weight is 939 g/mol. The molecule has 2 unspecified atom stereocenters. The lowest BCUT2D eigenvalue weighted by Gasteiger charge is -2.20. The first-order valence-electron chi connectivity index (χ1n) is 29.1. The zero-order valence-corrected chi connectivity index (χ0v) is 44.4. The van der Waals surface area contributed by atoms with Crippen molar-refractivity contribution < 1.29 is 24.5 Å². The van der Waals surface area contributed by atoms with E-state index in [9.17, 15) is 19.8 Å². The minimum Gasteiger partial charge on any atom is -0.466 e. The quantitative estimate of drug-likeness (QED) is 0.0321. The lowest BCUT2D eigenvalue weighted by atomic mass is 10.0. The number of unbranched alkanes of at least 4 members (excludes halogenated alkanes) is 34. The molecular weight excluding hydrogens is 827 g/mol. The van der Waals surface area contributed by atoms with Gasteiger partial charge in [-0.1, -0.05) is 248 Å². The normalized spacial score (nSPS) is 13.1. The molecule has 390 valence electrons. The summed E-state index contributed by atoms with van der Waals surface area (Å²) in [5.41, 5.74) is 0. The Labute approximate surface area is 416 Å². The molecule has 0 saturated heterocycles. The van der Waals surface area contributed by atoms with Crippen LogP contribution < -0.4 is 5.32 Å². The van der Waals surface area contributed by atoms with Gasteiger partial charge in [-0.25, -0.2) is 0 Å². The number of hydrogen-bond donors (Lipinski definition) is 3. The van der Waals surface area contributed by atoms with E-state index in [0.29, 0.717) is 19.4 Å². The summed E-state index contributed by atoms with van der Waals surface area (Å²) in [6.45, 7) is 4.82. The van der Waals surface area contributed by atoms with Gasteiger partial charge in [-0.05, 0) is 89.9 Å². The molecule has 0 rings (SSSR count). The molecular formula is C61H111NO5. The van der Waals surface area contributed by atoms with Gasteiger partial charge in [0.05, 0.1) is 25.4 Å². The van der Waals surface area contributed by atoms with Crippen molar-refractivity contribution in [2.75, 3.05) is 13.2 Å². The molecule has 6 heteroatoms. The van der Waals surface area contributed by atoms with Gasteiger partial charge in [0, 0.05) is 12.8 Å². The van der Waals surface area contributed by atoms with Gasteiger partial charge in [0.25, 0.3) is 0 Å².